The van der Waals surface area contributed by atoms with Crippen LogP contribution < -0.4 is 5.32 Å². The first-order chi connectivity index (χ1) is 9.09. The maximum atomic E-state index is 5.73. The van der Waals surface area contributed by atoms with E-state index in [4.69, 9.17) is 4.74 Å². The average Bonchev–Trinajstić information content (AvgIpc) is 2.35. The summed E-state index contributed by atoms with van der Waals surface area (Å²) in [6.07, 6.45) is 4.08. The normalized spacial score (nSPS) is 21.5. The SMILES string of the molecule is CC(C)CNCC1CCCCN1CCOCC(C)C. The fourth-order valence-electron chi connectivity index (χ4n) is 2.63. The molecule has 0 aromatic rings. The Hall–Kier alpha value is -0.120. The Bertz CT molecular complexity index is 219. The van der Waals surface area contributed by atoms with Crippen LogP contribution in [-0.2, 0) is 4.74 Å². The first-order valence-electron chi connectivity index (χ1n) is 8.12. The molecule has 0 aromatic carbocycles. The minimum atomic E-state index is 0.643. The number of hydrogen-bond donors (Lipinski definition) is 1. The van der Waals surface area contributed by atoms with Crippen molar-refractivity contribution in [3.05, 3.63) is 0 Å². The molecule has 1 atom stereocenters. The molecular formula is C16H34N2O. The highest BCUT2D eigenvalue weighted by atomic mass is 16.5. The van der Waals surface area contributed by atoms with Crippen LogP contribution in [0.2, 0.25) is 0 Å². The van der Waals surface area contributed by atoms with E-state index >= 15 is 0 Å². The van der Waals surface area contributed by atoms with E-state index in [0.29, 0.717) is 5.92 Å². The van der Waals surface area contributed by atoms with Crippen LogP contribution in [-0.4, -0.2) is 50.3 Å². The number of nitrogens with zero attached hydrogens (tertiary/aromatic N) is 1. The molecule has 0 aromatic heterocycles. The number of nitrogens with one attached hydrogen (secondary N) is 1. The third kappa shape index (κ3) is 7.91. The lowest BCUT2D eigenvalue weighted by atomic mass is 10.0. The van der Waals surface area contributed by atoms with E-state index < -0.39 is 0 Å². The molecule has 19 heavy (non-hydrogen) atoms. The monoisotopic (exact) mass is 270 g/mol. The van der Waals surface area contributed by atoms with E-state index in [1.54, 1.807) is 0 Å². The Balaban J connectivity index is 2.19. The Morgan fingerprint density at radius 3 is 2.63 bits per heavy atom. The predicted octanol–water partition coefficient (Wildman–Crippen LogP) is 2.76. The lowest BCUT2D eigenvalue weighted by Crippen LogP contribution is -2.47. The second-order valence-electron chi connectivity index (χ2n) is 6.71. The van der Waals surface area contributed by atoms with Crippen LogP contribution in [0.1, 0.15) is 47.0 Å². The lowest BCUT2D eigenvalue weighted by molar-refractivity contribution is 0.0599. The van der Waals surface area contributed by atoms with Crippen molar-refractivity contribution in [2.24, 2.45) is 11.8 Å². The molecule has 1 aliphatic rings. The summed E-state index contributed by atoms with van der Waals surface area (Å²) in [5.74, 6) is 1.39. The maximum Gasteiger partial charge on any atom is 0.0593 e. The zero-order valence-electron chi connectivity index (χ0n) is 13.5. The van der Waals surface area contributed by atoms with Gasteiger partial charge in [0.05, 0.1) is 6.61 Å². The first-order valence-corrected chi connectivity index (χ1v) is 8.12. The summed E-state index contributed by atoms with van der Waals surface area (Å²) >= 11 is 0. The number of piperidine rings is 1. The number of hydrogen-bond acceptors (Lipinski definition) is 3. The summed E-state index contributed by atoms with van der Waals surface area (Å²) in [4.78, 5) is 2.62. The van der Waals surface area contributed by atoms with Crippen molar-refractivity contribution in [1.82, 2.24) is 10.2 Å². The van der Waals surface area contributed by atoms with Gasteiger partial charge in [-0.3, -0.25) is 4.90 Å². The standard InChI is InChI=1S/C16H34N2O/c1-14(2)11-17-12-16-7-5-6-8-18(16)9-10-19-13-15(3)4/h14-17H,5-13H2,1-4H3. The van der Waals surface area contributed by atoms with Crippen molar-refractivity contribution in [1.29, 1.82) is 0 Å². The summed E-state index contributed by atoms with van der Waals surface area (Å²) in [7, 11) is 0. The largest absolute Gasteiger partial charge is 0.380 e. The summed E-state index contributed by atoms with van der Waals surface area (Å²) in [5.41, 5.74) is 0. The van der Waals surface area contributed by atoms with Gasteiger partial charge in [-0.25, -0.2) is 0 Å². The summed E-state index contributed by atoms with van der Waals surface area (Å²) in [6, 6.07) is 0.718. The second kappa shape index (κ2) is 9.73. The zero-order chi connectivity index (χ0) is 14.1. The van der Waals surface area contributed by atoms with Crippen molar-refractivity contribution in [3.8, 4) is 0 Å². The highest BCUT2D eigenvalue weighted by Gasteiger charge is 2.21. The van der Waals surface area contributed by atoms with Crippen molar-refractivity contribution < 1.29 is 4.74 Å². The number of rotatable bonds is 9. The molecule has 0 radical (unpaired) electrons. The Kier molecular flexibility index (Phi) is 8.67. The molecular weight excluding hydrogens is 236 g/mol. The summed E-state index contributed by atoms with van der Waals surface area (Å²) < 4.78 is 5.73. The third-order valence-electron chi connectivity index (χ3n) is 3.66. The van der Waals surface area contributed by atoms with Crippen LogP contribution in [0, 0.1) is 11.8 Å². The minimum absolute atomic E-state index is 0.643. The van der Waals surface area contributed by atoms with E-state index in [1.807, 2.05) is 0 Å². The molecule has 3 nitrogen and oxygen atoms in total. The molecule has 0 saturated carbocycles. The molecule has 3 heteroatoms. The predicted molar refractivity (Wildman–Crippen MR) is 82.6 cm³/mol. The van der Waals surface area contributed by atoms with E-state index in [0.717, 1.165) is 44.8 Å². The molecule has 1 fully saturated rings. The van der Waals surface area contributed by atoms with Gasteiger partial charge in [-0.1, -0.05) is 34.1 Å². The average molecular weight is 270 g/mol. The smallest absolute Gasteiger partial charge is 0.0593 e. The van der Waals surface area contributed by atoms with Gasteiger partial charge in [0, 0.05) is 25.7 Å². The molecule has 114 valence electrons. The Labute approximate surface area is 120 Å². The van der Waals surface area contributed by atoms with Crippen LogP contribution >= 0.6 is 0 Å². The van der Waals surface area contributed by atoms with Crippen LogP contribution in [0.15, 0.2) is 0 Å². The Morgan fingerprint density at radius 2 is 1.95 bits per heavy atom. The van der Waals surface area contributed by atoms with Crippen LogP contribution in [0.4, 0.5) is 0 Å². The molecule has 0 bridgehead atoms. The minimum Gasteiger partial charge on any atom is -0.380 e. The van der Waals surface area contributed by atoms with Gasteiger partial charge in [0.25, 0.3) is 0 Å². The van der Waals surface area contributed by atoms with Crippen LogP contribution in [0.25, 0.3) is 0 Å². The highest BCUT2D eigenvalue weighted by molar-refractivity contribution is 4.78. The van der Waals surface area contributed by atoms with Gasteiger partial charge in [0.1, 0.15) is 0 Å². The molecule has 1 N–H and O–H groups in total. The molecule has 1 rings (SSSR count). The van der Waals surface area contributed by atoms with E-state index in [2.05, 4.69) is 37.9 Å². The fourth-order valence-corrected chi connectivity index (χ4v) is 2.63. The molecule has 1 aliphatic heterocycles. The summed E-state index contributed by atoms with van der Waals surface area (Å²) in [5, 5.41) is 3.61. The van der Waals surface area contributed by atoms with Gasteiger partial charge in [-0.15, -0.1) is 0 Å². The highest BCUT2D eigenvalue weighted by Crippen LogP contribution is 2.16. The fraction of sp³-hybridized carbons (Fsp3) is 1.00. The van der Waals surface area contributed by atoms with Crippen LogP contribution in [0.5, 0.6) is 0 Å². The van der Waals surface area contributed by atoms with Crippen molar-refractivity contribution in [2.45, 2.75) is 53.0 Å². The molecule has 1 heterocycles. The maximum absolute atomic E-state index is 5.73. The molecule has 1 saturated heterocycles. The van der Waals surface area contributed by atoms with E-state index in [9.17, 15) is 0 Å². The molecule has 0 aliphatic carbocycles. The topological polar surface area (TPSA) is 24.5 Å². The number of likely N-dealkylation sites (tertiary alicyclic amines) is 1. The van der Waals surface area contributed by atoms with Gasteiger partial charge >= 0.3 is 0 Å². The van der Waals surface area contributed by atoms with E-state index in [-0.39, 0.29) is 0 Å². The summed E-state index contributed by atoms with van der Waals surface area (Å²) in [6.45, 7) is 15.4. The first kappa shape index (κ1) is 16.9. The molecule has 0 spiro atoms. The van der Waals surface area contributed by atoms with Crippen LogP contribution in [0.3, 0.4) is 0 Å². The zero-order valence-corrected chi connectivity index (χ0v) is 13.5. The third-order valence-corrected chi connectivity index (χ3v) is 3.66. The molecule has 0 amide bonds. The van der Waals surface area contributed by atoms with Gasteiger partial charge in [0.15, 0.2) is 0 Å². The number of ether oxygens (including phenoxy) is 1. The van der Waals surface area contributed by atoms with E-state index in [1.165, 1.54) is 25.8 Å². The lowest BCUT2D eigenvalue weighted by Gasteiger charge is -2.36. The van der Waals surface area contributed by atoms with Gasteiger partial charge in [-0.2, -0.15) is 0 Å². The van der Waals surface area contributed by atoms with Gasteiger partial charge in [-0.05, 0) is 37.8 Å². The second-order valence-corrected chi connectivity index (χ2v) is 6.71. The van der Waals surface area contributed by atoms with Crippen molar-refractivity contribution >= 4 is 0 Å². The molecule has 1 unspecified atom stereocenters. The van der Waals surface area contributed by atoms with Gasteiger partial charge < -0.3 is 10.1 Å². The quantitative estimate of drug-likeness (QED) is 0.652. The van der Waals surface area contributed by atoms with Crippen molar-refractivity contribution in [3.63, 3.8) is 0 Å². The van der Waals surface area contributed by atoms with Crippen molar-refractivity contribution in [2.75, 3.05) is 39.4 Å². The Morgan fingerprint density at radius 1 is 1.16 bits per heavy atom. The van der Waals surface area contributed by atoms with Gasteiger partial charge in [0.2, 0.25) is 0 Å².